The van der Waals surface area contributed by atoms with Gasteiger partial charge in [0.2, 0.25) is 0 Å². The van der Waals surface area contributed by atoms with Crippen LogP contribution in [0.25, 0.3) is 0 Å². The second-order valence-electron chi connectivity index (χ2n) is 6.68. The second-order valence-corrected chi connectivity index (χ2v) is 8.57. The van der Waals surface area contributed by atoms with Gasteiger partial charge in [-0.05, 0) is 42.5 Å². The molecule has 0 N–H and O–H groups in total. The van der Waals surface area contributed by atoms with Crippen LogP contribution in [0.5, 0.6) is 0 Å². The molecule has 3 aromatic rings. The number of amides is 1. The van der Waals surface area contributed by atoms with Crippen molar-refractivity contribution in [2.24, 2.45) is 0 Å². The minimum Gasteiger partial charge on any atom is -0.455 e. The first-order valence-corrected chi connectivity index (χ1v) is 11.0. The van der Waals surface area contributed by atoms with Crippen LogP contribution in [0.3, 0.4) is 0 Å². The zero-order valence-electron chi connectivity index (χ0n) is 15.7. The minimum atomic E-state index is -1.29. The lowest BCUT2D eigenvalue weighted by Crippen LogP contribution is -2.49. The van der Waals surface area contributed by atoms with E-state index in [2.05, 4.69) is 9.88 Å². The van der Waals surface area contributed by atoms with Gasteiger partial charge < -0.3 is 14.2 Å². The van der Waals surface area contributed by atoms with E-state index in [-0.39, 0.29) is 17.4 Å². The number of hydrogen-bond donors (Lipinski definition) is 0. The molecule has 2 aromatic heterocycles. The first kappa shape index (κ1) is 19.7. The number of pyridine rings is 1. The highest BCUT2D eigenvalue weighted by atomic mass is 35.5. The molecule has 1 aromatic carbocycles. The highest BCUT2D eigenvalue weighted by Crippen LogP contribution is 2.20. The molecule has 1 aliphatic heterocycles. The van der Waals surface area contributed by atoms with E-state index in [1.54, 1.807) is 47.5 Å². The van der Waals surface area contributed by atoms with Gasteiger partial charge in [0, 0.05) is 42.3 Å². The van der Waals surface area contributed by atoms with Gasteiger partial charge in [0.05, 0.1) is 16.6 Å². The molecule has 1 atom stereocenters. The SMILES string of the molecule is O=C(c1ccc(C[S@](=O)c2cccc(Cl)c2)o1)N1CCN(c2ccccn2)CC1. The van der Waals surface area contributed by atoms with Crippen molar-refractivity contribution in [3.05, 3.63) is 77.3 Å². The van der Waals surface area contributed by atoms with E-state index in [1.807, 2.05) is 18.2 Å². The maximum atomic E-state index is 12.8. The summed E-state index contributed by atoms with van der Waals surface area (Å²) in [4.78, 5) is 21.7. The summed E-state index contributed by atoms with van der Waals surface area (Å²) in [6, 6.07) is 16.1. The number of carbonyl (C=O) groups is 1. The van der Waals surface area contributed by atoms with Crippen LogP contribution in [0.2, 0.25) is 5.02 Å². The molecule has 4 rings (SSSR count). The Bertz CT molecular complexity index is 1020. The smallest absolute Gasteiger partial charge is 0.289 e. The molecule has 3 heterocycles. The quantitative estimate of drug-likeness (QED) is 0.620. The second kappa shape index (κ2) is 8.80. The van der Waals surface area contributed by atoms with E-state index in [1.165, 1.54) is 0 Å². The van der Waals surface area contributed by atoms with Gasteiger partial charge in [-0.3, -0.25) is 9.00 Å². The summed E-state index contributed by atoms with van der Waals surface area (Å²) in [5.74, 6) is 1.75. The predicted molar refractivity (Wildman–Crippen MR) is 113 cm³/mol. The van der Waals surface area contributed by atoms with E-state index >= 15 is 0 Å². The van der Waals surface area contributed by atoms with Gasteiger partial charge in [0.1, 0.15) is 11.6 Å². The molecule has 1 amide bonds. The largest absolute Gasteiger partial charge is 0.455 e. The Morgan fingerprint density at radius 1 is 1.07 bits per heavy atom. The van der Waals surface area contributed by atoms with Crippen LogP contribution in [0, 0.1) is 0 Å². The van der Waals surface area contributed by atoms with Crippen LogP contribution in [-0.4, -0.2) is 46.2 Å². The summed E-state index contributed by atoms with van der Waals surface area (Å²) in [6.45, 7) is 2.63. The number of nitrogens with zero attached hydrogens (tertiary/aromatic N) is 3. The van der Waals surface area contributed by atoms with Crippen molar-refractivity contribution in [2.45, 2.75) is 10.6 Å². The van der Waals surface area contributed by atoms with Crippen LogP contribution in [-0.2, 0) is 16.6 Å². The number of carbonyl (C=O) groups excluding carboxylic acids is 1. The molecule has 0 aliphatic carbocycles. The molecule has 0 saturated carbocycles. The van der Waals surface area contributed by atoms with Crippen LogP contribution in [0.15, 0.2) is 70.1 Å². The molecular weight excluding hydrogens is 410 g/mol. The number of rotatable bonds is 5. The standard InChI is InChI=1S/C21H20ClN3O3S/c22-16-4-3-5-18(14-16)29(27)15-17-7-8-19(28-17)21(26)25-12-10-24(11-13-25)20-6-1-2-9-23-20/h1-9,14H,10-13,15H2/t29-/m0/s1. The number of furan rings is 1. The van der Waals surface area contributed by atoms with Crippen LogP contribution in [0.1, 0.15) is 16.3 Å². The van der Waals surface area contributed by atoms with E-state index in [0.717, 1.165) is 18.9 Å². The fourth-order valence-electron chi connectivity index (χ4n) is 3.23. The summed E-state index contributed by atoms with van der Waals surface area (Å²) in [5, 5.41) is 0.538. The van der Waals surface area contributed by atoms with Gasteiger partial charge in [-0.15, -0.1) is 0 Å². The first-order valence-electron chi connectivity index (χ1n) is 9.28. The van der Waals surface area contributed by atoms with Crippen LogP contribution in [0.4, 0.5) is 5.82 Å². The third-order valence-electron chi connectivity index (χ3n) is 4.74. The lowest BCUT2D eigenvalue weighted by molar-refractivity contribution is 0.0713. The molecule has 150 valence electrons. The summed E-state index contributed by atoms with van der Waals surface area (Å²) in [5.41, 5.74) is 0. The average molecular weight is 430 g/mol. The van der Waals surface area contributed by atoms with Crippen LogP contribution < -0.4 is 4.90 Å². The molecular formula is C21H20ClN3O3S. The van der Waals surface area contributed by atoms with Crippen molar-refractivity contribution >= 4 is 34.1 Å². The fourth-order valence-corrected chi connectivity index (χ4v) is 4.55. The molecule has 8 heteroatoms. The highest BCUT2D eigenvalue weighted by molar-refractivity contribution is 7.84. The van der Waals surface area contributed by atoms with Gasteiger partial charge in [-0.25, -0.2) is 4.98 Å². The summed E-state index contributed by atoms with van der Waals surface area (Å²) in [6.07, 6.45) is 1.77. The Hall–Kier alpha value is -2.64. The monoisotopic (exact) mass is 429 g/mol. The van der Waals surface area contributed by atoms with Crippen molar-refractivity contribution in [1.82, 2.24) is 9.88 Å². The van der Waals surface area contributed by atoms with E-state index in [0.29, 0.717) is 28.8 Å². The van der Waals surface area contributed by atoms with Gasteiger partial charge in [0.15, 0.2) is 5.76 Å². The first-order chi connectivity index (χ1) is 14.1. The number of piperazine rings is 1. The zero-order valence-corrected chi connectivity index (χ0v) is 17.2. The summed E-state index contributed by atoms with van der Waals surface area (Å²) >= 11 is 5.96. The highest BCUT2D eigenvalue weighted by Gasteiger charge is 2.25. The minimum absolute atomic E-state index is 0.148. The summed E-state index contributed by atoms with van der Waals surface area (Å²) < 4.78 is 18.2. The molecule has 0 spiro atoms. The number of halogens is 1. The lowest BCUT2D eigenvalue weighted by Gasteiger charge is -2.34. The van der Waals surface area contributed by atoms with Crippen molar-refractivity contribution in [3.63, 3.8) is 0 Å². The zero-order chi connectivity index (χ0) is 20.2. The van der Waals surface area contributed by atoms with Gasteiger partial charge in [-0.2, -0.15) is 0 Å². The number of aromatic nitrogens is 1. The predicted octanol–water partition coefficient (Wildman–Crippen LogP) is 3.60. The Morgan fingerprint density at radius 2 is 1.90 bits per heavy atom. The Kier molecular flexibility index (Phi) is 5.97. The Balaban J connectivity index is 1.36. The average Bonchev–Trinajstić information content (AvgIpc) is 3.22. The molecule has 0 radical (unpaired) electrons. The van der Waals surface area contributed by atoms with Gasteiger partial charge >= 0.3 is 0 Å². The Labute approximate surface area is 176 Å². The third-order valence-corrected chi connectivity index (χ3v) is 6.31. The van der Waals surface area contributed by atoms with Crippen molar-refractivity contribution in [2.75, 3.05) is 31.1 Å². The van der Waals surface area contributed by atoms with Crippen molar-refractivity contribution in [1.29, 1.82) is 0 Å². The van der Waals surface area contributed by atoms with Gasteiger partial charge in [0.25, 0.3) is 5.91 Å². The maximum absolute atomic E-state index is 12.8. The topological polar surface area (TPSA) is 66.7 Å². The molecule has 29 heavy (non-hydrogen) atoms. The molecule has 1 aliphatic rings. The van der Waals surface area contributed by atoms with E-state index < -0.39 is 10.8 Å². The number of anilines is 1. The van der Waals surface area contributed by atoms with Crippen LogP contribution >= 0.6 is 11.6 Å². The molecule has 1 saturated heterocycles. The van der Waals surface area contributed by atoms with E-state index in [9.17, 15) is 9.00 Å². The molecule has 1 fully saturated rings. The van der Waals surface area contributed by atoms with Crippen molar-refractivity contribution < 1.29 is 13.4 Å². The van der Waals surface area contributed by atoms with E-state index in [4.69, 9.17) is 16.0 Å². The molecule has 0 bridgehead atoms. The molecule has 6 nitrogen and oxygen atoms in total. The Morgan fingerprint density at radius 3 is 2.62 bits per heavy atom. The number of hydrogen-bond acceptors (Lipinski definition) is 5. The lowest BCUT2D eigenvalue weighted by atomic mass is 10.2. The fraction of sp³-hybridized carbons (Fsp3) is 0.238. The third kappa shape index (κ3) is 4.68. The van der Waals surface area contributed by atoms with Gasteiger partial charge in [-0.1, -0.05) is 23.7 Å². The maximum Gasteiger partial charge on any atom is 0.289 e. The van der Waals surface area contributed by atoms with Crippen molar-refractivity contribution in [3.8, 4) is 0 Å². The summed E-state index contributed by atoms with van der Waals surface area (Å²) in [7, 11) is -1.29. The molecule has 0 unspecified atom stereocenters. The normalized spacial score (nSPS) is 15.3. The number of benzene rings is 1.